The Balaban J connectivity index is 1.87. The molecule has 8 nitrogen and oxygen atoms in total. The molecule has 0 spiro atoms. The number of non-ortho nitro benzene ring substituents is 1. The van der Waals surface area contributed by atoms with E-state index in [1.54, 1.807) is 6.07 Å². The quantitative estimate of drug-likeness (QED) is 0.671. The van der Waals surface area contributed by atoms with E-state index in [1.807, 2.05) is 0 Å². The molecule has 1 saturated carbocycles. The van der Waals surface area contributed by atoms with Crippen LogP contribution in [-0.4, -0.2) is 27.4 Å². The fourth-order valence-corrected chi connectivity index (χ4v) is 2.46. The topological polar surface area (TPSA) is 117 Å². The number of nitro benzene ring substituents is 1. The molecule has 1 aliphatic rings. The van der Waals surface area contributed by atoms with Crippen LogP contribution in [0.1, 0.15) is 25.7 Å². The van der Waals surface area contributed by atoms with Crippen LogP contribution in [0.3, 0.4) is 0 Å². The Morgan fingerprint density at radius 3 is 2.65 bits per heavy atom. The first-order valence-corrected chi connectivity index (χ1v) is 6.47. The fourth-order valence-electron chi connectivity index (χ4n) is 2.46. The molecule has 3 rings (SSSR count). The number of hydrogen-bond donors (Lipinski definition) is 1. The molecule has 1 fully saturated rings. The summed E-state index contributed by atoms with van der Waals surface area (Å²) in [4.78, 5) is 10.4. The largest absolute Gasteiger partial charge is 0.488 e. The fraction of sp³-hybridized carbons (Fsp3) is 0.500. The van der Waals surface area contributed by atoms with Gasteiger partial charge in [-0.05, 0) is 42.1 Å². The normalized spacial score (nSPS) is 22.9. The van der Waals surface area contributed by atoms with Gasteiger partial charge in [-0.2, -0.15) is 0 Å². The summed E-state index contributed by atoms with van der Waals surface area (Å²) in [5, 5.41) is 18.2. The van der Waals surface area contributed by atoms with Gasteiger partial charge >= 0.3 is 5.69 Å². The van der Waals surface area contributed by atoms with E-state index in [1.165, 1.54) is 6.07 Å². The van der Waals surface area contributed by atoms with E-state index < -0.39 is 4.92 Å². The predicted molar refractivity (Wildman–Crippen MR) is 69.3 cm³/mol. The van der Waals surface area contributed by atoms with Crippen LogP contribution in [0.25, 0.3) is 11.0 Å². The molecule has 0 bridgehead atoms. The standard InChI is InChI=1S/C12H14N4O4/c13-7-1-3-8(4-2-7)19-10-6-5-9(16(17)18)11-12(10)15-20-14-11/h5-8H,1-4,13H2. The molecule has 2 N–H and O–H groups in total. The zero-order valence-electron chi connectivity index (χ0n) is 10.7. The molecule has 0 amide bonds. The maximum Gasteiger partial charge on any atom is 0.301 e. The van der Waals surface area contributed by atoms with Gasteiger partial charge in [0.15, 0.2) is 11.3 Å². The number of benzene rings is 1. The first-order chi connectivity index (χ1) is 9.65. The molecule has 1 aromatic heterocycles. The van der Waals surface area contributed by atoms with Crippen LogP contribution in [-0.2, 0) is 0 Å². The Kier molecular flexibility index (Phi) is 3.23. The van der Waals surface area contributed by atoms with Gasteiger partial charge in [-0.25, -0.2) is 4.63 Å². The second-order valence-electron chi connectivity index (χ2n) is 4.96. The van der Waals surface area contributed by atoms with Crippen molar-refractivity contribution < 1.29 is 14.3 Å². The Morgan fingerprint density at radius 2 is 1.95 bits per heavy atom. The number of aromatic nitrogens is 2. The van der Waals surface area contributed by atoms with Crippen molar-refractivity contribution in [3.8, 4) is 5.75 Å². The van der Waals surface area contributed by atoms with Crippen molar-refractivity contribution in [1.29, 1.82) is 0 Å². The summed E-state index contributed by atoms with van der Waals surface area (Å²) in [6, 6.07) is 3.13. The van der Waals surface area contributed by atoms with Gasteiger partial charge < -0.3 is 10.5 Å². The molecule has 0 radical (unpaired) electrons. The average Bonchev–Trinajstić information content (AvgIpc) is 2.91. The monoisotopic (exact) mass is 278 g/mol. The molecule has 1 aromatic carbocycles. The molecule has 0 unspecified atom stereocenters. The van der Waals surface area contributed by atoms with Gasteiger partial charge in [0.25, 0.3) is 0 Å². The first-order valence-electron chi connectivity index (χ1n) is 6.47. The molecule has 2 aromatic rings. The highest BCUT2D eigenvalue weighted by molar-refractivity contribution is 5.88. The highest BCUT2D eigenvalue weighted by Crippen LogP contribution is 2.32. The van der Waals surface area contributed by atoms with E-state index in [9.17, 15) is 10.1 Å². The molecule has 20 heavy (non-hydrogen) atoms. The van der Waals surface area contributed by atoms with E-state index >= 15 is 0 Å². The lowest BCUT2D eigenvalue weighted by Gasteiger charge is -2.26. The third-order valence-electron chi connectivity index (χ3n) is 3.57. The molecular weight excluding hydrogens is 264 g/mol. The molecular formula is C12H14N4O4. The summed E-state index contributed by atoms with van der Waals surface area (Å²) < 4.78 is 10.5. The van der Waals surface area contributed by atoms with E-state index in [4.69, 9.17) is 10.5 Å². The van der Waals surface area contributed by atoms with E-state index in [-0.39, 0.29) is 28.9 Å². The maximum absolute atomic E-state index is 10.9. The Hall–Kier alpha value is -2.22. The number of rotatable bonds is 3. The van der Waals surface area contributed by atoms with Gasteiger partial charge in [0.05, 0.1) is 11.0 Å². The van der Waals surface area contributed by atoms with Crippen LogP contribution in [0.4, 0.5) is 5.69 Å². The Bertz CT molecular complexity index is 633. The molecule has 1 aliphatic carbocycles. The second-order valence-corrected chi connectivity index (χ2v) is 4.96. The van der Waals surface area contributed by atoms with E-state index in [2.05, 4.69) is 14.9 Å². The van der Waals surface area contributed by atoms with Gasteiger partial charge in [-0.1, -0.05) is 0 Å². The van der Waals surface area contributed by atoms with Gasteiger partial charge in [0.1, 0.15) is 0 Å². The Morgan fingerprint density at radius 1 is 1.25 bits per heavy atom. The number of fused-ring (bicyclic) bond motifs is 1. The number of ether oxygens (including phenoxy) is 1. The van der Waals surface area contributed by atoms with Crippen molar-refractivity contribution in [2.24, 2.45) is 5.73 Å². The lowest BCUT2D eigenvalue weighted by Crippen LogP contribution is -2.31. The zero-order chi connectivity index (χ0) is 14.1. The van der Waals surface area contributed by atoms with Crippen molar-refractivity contribution in [3.05, 3.63) is 22.2 Å². The summed E-state index contributed by atoms with van der Waals surface area (Å²) in [5.74, 6) is 0.465. The van der Waals surface area contributed by atoms with Crippen LogP contribution in [0, 0.1) is 10.1 Å². The minimum absolute atomic E-state index is 0.0520. The van der Waals surface area contributed by atoms with Crippen molar-refractivity contribution >= 4 is 16.7 Å². The SMILES string of the molecule is NC1CCC(Oc2ccc([N+](=O)[O-])c3nonc23)CC1. The molecule has 0 atom stereocenters. The Labute approximate surface area is 114 Å². The van der Waals surface area contributed by atoms with Crippen molar-refractivity contribution in [1.82, 2.24) is 10.3 Å². The molecule has 0 aliphatic heterocycles. The van der Waals surface area contributed by atoms with Crippen LogP contribution >= 0.6 is 0 Å². The van der Waals surface area contributed by atoms with Crippen molar-refractivity contribution in [2.75, 3.05) is 0 Å². The molecule has 8 heteroatoms. The van der Waals surface area contributed by atoms with Crippen molar-refractivity contribution in [3.63, 3.8) is 0 Å². The minimum Gasteiger partial charge on any atom is -0.488 e. The lowest BCUT2D eigenvalue weighted by atomic mass is 9.94. The number of nitrogens with two attached hydrogens (primary N) is 1. The summed E-state index contributed by atoms with van der Waals surface area (Å²) in [6.07, 6.45) is 3.61. The van der Waals surface area contributed by atoms with E-state index in [0.29, 0.717) is 5.75 Å². The summed E-state index contributed by atoms with van der Waals surface area (Å²) in [7, 11) is 0. The summed E-state index contributed by atoms with van der Waals surface area (Å²) >= 11 is 0. The zero-order valence-corrected chi connectivity index (χ0v) is 10.7. The summed E-state index contributed by atoms with van der Waals surface area (Å²) in [6.45, 7) is 0. The van der Waals surface area contributed by atoms with Gasteiger partial charge in [0, 0.05) is 12.1 Å². The highest BCUT2D eigenvalue weighted by atomic mass is 16.6. The van der Waals surface area contributed by atoms with Crippen LogP contribution in [0.2, 0.25) is 0 Å². The third kappa shape index (κ3) is 2.29. The van der Waals surface area contributed by atoms with E-state index in [0.717, 1.165) is 25.7 Å². The third-order valence-corrected chi connectivity index (χ3v) is 3.57. The average molecular weight is 278 g/mol. The van der Waals surface area contributed by atoms with Gasteiger partial charge in [-0.15, -0.1) is 0 Å². The minimum atomic E-state index is -0.518. The molecule has 1 heterocycles. The highest BCUT2D eigenvalue weighted by Gasteiger charge is 2.24. The first kappa shape index (κ1) is 12.8. The van der Waals surface area contributed by atoms with Crippen LogP contribution in [0.5, 0.6) is 5.75 Å². The predicted octanol–water partition coefficient (Wildman–Crippen LogP) is 1.78. The van der Waals surface area contributed by atoms with Gasteiger partial charge in [-0.3, -0.25) is 10.1 Å². The van der Waals surface area contributed by atoms with Crippen LogP contribution < -0.4 is 10.5 Å². The smallest absolute Gasteiger partial charge is 0.301 e. The van der Waals surface area contributed by atoms with Crippen molar-refractivity contribution in [2.45, 2.75) is 37.8 Å². The van der Waals surface area contributed by atoms with Crippen LogP contribution in [0.15, 0.2) is 16.8 Å². The molecule has 106 valence electrons. The second kappa shape index (κ2) is 5.04. The number of hydrogen-bond acceptors (Lipinski definition) is 7. The molecule has 0 saturated heterocycles. The summed E-state index contributed by atoms with van der Waals surface area (Å²) in [5.41, 5.74) is 6.11. The number of nitro groups is 1. The lowest BCUT2D eigenvalue weighted by molar-refractivity contribution is -0.383. The van der Waals surface area contributed by atoms with Gasteiger partial charge in [0.2, 0.25) is 5.52 Å². The maximum atomic E-state index is 10.9. The number of nitrogens with zero attached hydrogens (tertiary/aromatic N) is 3.